The number of hydrogen-bond donors (Lipinski definition) is 5. The maximum atomic E-state index is 14.5. The highest BCUT2D eigenvalue weighted by Crippen LogP contribution is 2.40. The molecule has 5 N–H and O–H groups in total. The molecule has 0 bridgehead atoms. The molecule has 0 aromatic heterocycles. The predicted molar refractivity (Wildman–Crippen MR) is 358 cm³/mol. The third-order valence-electron chi connectivity index (χ3n) is 19.1. The van der Waals surface area contributed by atoms with Gasteiger partial charge >= 0.3 is 36.1 Å². The molecule has 5 rings (SSSR count). The Morgan fingerprint density at radius 2 is 1.22 bits per heavy atom. The lowest BCUT2D eigenvalue weighted by Gasteiger charge is -2.36. The average molecular weight is 1360 g/mol. The number of esters is 4. The zero-order chi connectivity index (χ0) is 71.2. The summed E-state index contributed by atoms with van der Waals surface area (Å²) in [6, 6.07) is 0. The molecular formula is C72H113N3O21. The number of aliphatic hydroxyl groups is 5. The number of carbonyl (C=O) groups is 6. The number of piperidine rings is 1. The van der Waals surface area contributed by atoms with Crippen molar-refractivity contribution in [2.24, 2.45) is 34.6 Å². The van der Waals surface area contributed by atoms with Crippen LogP contribution in [0.1, 0.15) is 167 Å². The fourth-order valence-corrected chi connectivity index (χ4v) is 13.1. The van der Waals surface area contributed by atoms with Gasteiger partial charge < -0.3 is 77.8 Å². The zero-order valence-electron chi connectivity index (χ0n) is 59.3. The third kappa shape index (κ3) is 24.9. The lowest BCUT2D eigenvalue weighted by molar-refractivity contribution is -0.158. The fourth-order valence-electron chi connectivity index (χ4n) is 13.1. The Hall–Kier alpha value is -5.83. The lowest BCUT2D eigenvalue weighted by atomic mass is 9.88. The van der Waals surface area contributed by atoms with E-state index in [1.54, 1.807) is 93.7 Å². The highest BCUT2D eigenvalue weighted by Gasteiger charge is 2.54. The molecule has 5 heterocycles. The molecule has 2 fully saturated rings. The van der Waals surface area contributed by atoms with Gasteiger partial charge in [-0.25, -0.2) is 9.59 Å². The van der Waals surface area contributed by atoms with Gasteiger partial charge in [0.25, 0.3) is 0 Å². The van der Waals surface area contributed by atoms with Crippen LogP contribution in [0.3, 0.4) is 0 Å². The van der Waals surface area contributed by atoms with E-state index in [2.05, 4.69) is 4.99 Å². The Morgan fingerprint density at radius 3 is 1.69 bits per heavy atom. The smallest absolute Gasteiger partial charge is 0.415 e. The molecule has 24 heteroatoms. The van der Waals surface area contributed by atoms with Crippen LogP contribution < -0.4 is 0 Å². The van der Waals surface area contributed by atoms with Crippen LogP contribution in [0.2, 0.25) is 0 Å². The van der Waals surface area contributed by atoms with Crippen LogP contribution >= 0.6 is 0 Å². The van der Waals surface area contributed by atoms with Crippen molar-refractivity contribution in [3.8, 4) is 0 Å². The molecule has 24 nitrogen and oxygen atoms in total. The van der Waals surface area contributed by atoms with Crippen molar-refractivity contribution in [1.82, 2.24) is 9.80 Å². The van der Waals surface area contributed by atoms with Crippen LogP contribution in [0, 0.1) is 29.6 Å². The zero-order valence-corrected chi connectivity index (χ0v) is 59.3. The minimum atomic E-state index is -1.56. The maximum absolute atomic E-state index is 14.5. The molecule has 0 radical (unpaired) electrons. The number of likely N-dealkylation sites (tertiary alicyclic amines) is 1. The molecule has 0 spiro atoms. The fraction of sp³-hybridized carbons (Fsp3) is 0.736. The van der Waals surface area contributed by atoms with Gasteiger partial charge in [-0.05, 0) is 121 Å². The second kappa shape index (κ2) is 38.5. The van der Waals surface area contributed by atoms with Crippen molar-refractivity contribution in [2.45, 2.75) is 270 Å². The summed E-state index contributed by atoms with van der Waals surface area (Å²) in [5.41, 5.74) is -1.90. The largest absolute Gasteiger partial charge is 0.457 e. The Labute approximate surface area is 568 Å². The molecule has 2 saturated heterocycles. The number of allylic oxidation sites excluding steroid dienone is 4. The number of cyclic esters (lactones) is 2. The van der Waals surface area contributed by atoms with Crippen molar-refractivity contribution < 1.29 is 102 Å². The molecule has 5 aliphatic heterocycles. The van der Waals surface area contributed by atoms with Gasteiger partial charge in [0.1, 0.15) is 53.9 Å². The van der Waals surface area contributed by atoms with Crippen LogP contribution in [0.5, 0.6) is 0 Å². The number of epoxide rings is 1. The Bertz CT molecular complexity index is 2730. The van der Waals surface area contributed by atoms with Crippen molar-refractivity contribution >= 4 is 42.4 Å². The van der Waals surface area contributed by atoms with E-state index in [4.69, 9.17) is 47.4 Å². The van der Waals surface area contributed by atoms with Crippen LogP contribution in [0.4, 0.5) is 9.59 Å². The van der Waals surface area contributed by atoms with Crippen LogP contribution in [-0.4, -0.2) is 221 Å². The minimum Gasteiger partial charge on any atom is -0.457 e. The summed E-state index contributed by atoms with van der Waals surface area (Å²) in [4.78, 5) is 86.9. The summed E-state index contributed by atoms with van der Waals surface area (Å²) in [5.74, 6) is -4.30. The van der Waals surface area contributed by atoms with Gasteiger partial charge in [-0.3, -0.25) is 29.1 Å². The van der Waals surface area contributed by atoms with Gasteiger partial charge in [-0.15, -0.1) is 0 Å². The molecular weight excluding hydrogens is 1240 g/mol. The van der Waals surface area contributed by atoms with Gasteiger partial charge in [0.2, 0.25) is 0 Å². The quantitative estimate of drug-likeness (QED) is 0.0188. The Kier molecular flexibility index (Phi) is 32.4. The third-order valence-corrected chi connectivity index (χ3v) is 19.1. The number of hydrogen-bond acceptors (Lipinski definition) is 22. The van der Waals surface area contributed by atoms with Crippen molar-refractivity contribution in [1.29, 1.82) is 0 Å². The van der Waals surface area contributed by atoms with Crippen LogP contribution in [0.25, 0.3) is 0 Å². The van der Waals surface area contributed by atoms with Crippen molar-refractivity contribution in [3.05, 3.63) is 71.9 Å². The van der Waals surface area contributed by atoms with Crippen LogP contribution in [-0.2, 0) is 66.5 Å². The van der Waals surface area contributed by atoms with Gasteiger partial charge in [0.05, 0.1) is 61.9 Å². The molecule has 0 aromatic carbocycles. The number of methoxy groups -OCH3 is 2. The molecule has 96 heavy (non-hydrogen) atoms. The highest BCUT2D eigenvalue weighted by molar-refractivity contribution is 5.83. The first kappa shape index (κ1) is 80.8. The summed E-state index contributed by atoms with van der Waals surface area (Å²) in [6.07, 6.45) is 7.61. The number of aliphatic imine (C=N–C) groups is 1. The Morgan fingerprint density at radius 1 is 0.708 bits per heavy atom. The van der Waals surface area contributed by atoms with E-state index in [-0.39, 0.29) is 88.2 Å². The average Bonchev–Trinajstić information content (AvgIpc) is 1.62. The van der Waals surface area contributed by atoms with E-state index in [1.807, 2.05) is 48.5 Å². The number of aliphatic hydroxyl groups excluding tert-OH is 3. The Balaban J connectivity index is 1.44. The standard InChI is InChI=1S/C72H113N3O21/c1-16-56(87-14)48(8)39-55(80)65(45(5)22-18-21-43(3)63-46(6)25-27-59(89-50(10)76)71(12,85)33-29-52(78)40-61(81)92-63)95-69(83)74-37-31-54(32-38-74)91-58(67(96-70(84)75-36-20-35-73-42-75)68-66(94-68)49(9)57(17-2)88-15)24-19-23-44(4)64-47(7)26-28-60(90-51(11)77)72(13,86)34-30-53(79)41-62(82)93-64/h18-19,21-28,42,45-49,52-60,63-68,78-80,85-86H,16-17,20,29-41H2,1-15H3/b22-18+,24-19+,27-25+,28-26+,43-21+,44-23+. The maximum Gasteiger partial charge on any atom is 0.415 e. The second-order valence-electron chi connectivity index (χ2n) is 27.4. The van der Waals surface area contributed by atoms with E-state index in [0.29, 0.717) is 56.3 Å². The first-order valence-electron chi connectivity index (χ1n) is 34.4. The van der Waals surface area contributed by atoms with Gasteiger partial charge in [-0.1, -0.05) is 97.1 Å². The molecule has 542 valence electrons. The van der Waals surface area contributed by atoms with Crippen LogP contribution in [0.15, 0.2) is 76.9 Å². The van der Waals surface area contributed by atoms with Gasteiger partial charge in [-0.2, -0.15) is 0 Å². The topological polar surface area (TPSA) is 318 Å². The van der Waals surface area contributed by atoms with Crippen molar-refractivity contribution in [3.63, 3.8) is 0 Å². The van der Waals surface area contributed by atoms with E-state index in [1.165, 1.54) is 38.9 Å². The number of ether oxygens (including phenoxy) is 10. The molecule has 21 unspecified atom stereocenters. The monoisotopic (exact) mass is 1360 g/mol. The second-order valence-corrected chi connectivity index (χ2v) is 27.4. The number of nitrogens with zero attached hydrogens (tertiary/aromatic N) is 3. The first-order valence-corrected chi connectivity index (χ1v) is 34.4. The molecule has 0 aromatic rings. The van der Waals surface area contributed by atoms with Gasteiger partial charge in [0, 0.05) is 77.9 Å². The molecule has 21 atom stereocenters. The van der Waals surface area contributed by atoms with Gasteiger partial charge in [0.15, 0.2) is 6.10 Å². The summed E-state index contributed by atoms with van der Waals surface area (Å²) in [6.45, 7) is 23.8. The number of carbonyl (C=O) groups excluding carboxylic acids is 6. The number of rotatable bonds is 25. The molecule has 0 saturated carbocycles. The van der Waals surface area contributed by atoms with E-state index >= 15 is 0 Å². The van der Waals surface area contributed by atoms with Crippen molar-refractivity contribution in [2.75, 3.05) is 40.4 Å². The molecule has 0 aliphatic carbocycles. The minimum absolute atomic E-state index is 0.0354. The SMILES string of the molecule is CCC(OC)C(C)CC(O)C(OC(=O)N1CCC(OC(/C=C/C=C(\C)C2OC(=O)CC(O)CCC(C)(O)C(OC(C)=O)/C=C/C2C)C(OC(=O)N2C=NCCC2)C2OC2C(C)C(CC)OC)CC1)C(C)/C=C/C=C(\C)C1OC(=O)CC(O)CCC(C)(O)C(OC(C)=O)/C=C/C1C. The van der Waals surface area contributed by atoms with E-state index < -0.39 is 138 Å². The number of amides is 2. The normalized spacial score (nSPS) is 32.2. The summed E-state index contributed by atoms with van der Waals surface area (Å²) < 4.78 is 60.8. The first-order chi connectivity index (χ1) is 45.3. The molecule has 2 amide bonds. The predicted octanol–water partition coefficient (Wildman–Crippen LogP) is 8.53. The molecule has 5 aliphatic rings. The summed E-state index contributed by atoms with van der Waals surface area (Å²) in [7, 11) is 3.26. The summed E-state index contributed by atoms with van der Waals surface area (Å²) >= 11 is 0. The highest BCUT2D eigenvalue weighted by atomic mass is 16.7. The van der Waals surface area contributed by atoms with E-state index in [9.17, 15) is 54.3 Å². The summed E-state index contributed by atoms with van der Waals surface area (Å²) in [5, 5.41) is 56.4. The lowest BCUT2D eigenvalue weighted by Crippen LogP contribution is -2.48. The van der Waals surface area contributed by atoms with E-state index in [0.717, 1.165) is 0 Å².